The Morgan fingerprint density at radius 1 is 0.973 bits per heavy atom. The first-order chi connectivity index (χ1) is 17.3. The predicted molar refractivity (Wildman–Crippen MR) is 153 cm³/mol. The Kier molecular flexibility index (Phi) is 7.65. The highest BCUT2D eigenvalue weighted by molar-refractivity contribution is 7.89. The number of carbonyl (C=O) groups excluding carboxylic acids is 1. The SMILES string of the molecule is CC(C)[C@H](NS(=O)(=O)c1ccc2c(c1)sc1cc(N(C)Cc3ccccc3)ccc12)C(=O)OC(C)(C)C. The van der Waals surface area contributed by atoms with Crippen LogP contribution in [0.15, 0.2) is 71.6 Å². The van der Waals surface area contributed by atoms with Crippen molar-refractivity contribution in [3.63, 3.8) is 0 Å². The van der Waals surface area contributed by atoms with Crippen LogP contribution in [0, 0.1) is 5.92 Å². The summed E-state index contributed by atoms with van der Waals surface area (Å²) in [6.07, 6.45) is 0. The van der Waals surface area contributed by atoms with Gasteiger partial charge in [0.15, 0.2) is 0 Å². The molecular weight excluding hydrogens is 504 g/mol. The van der Waals surface area contributed by atoms with Gasteiger partial charge in [-0.2, -0.15) is 4.72 Å². The maximum absolute atomic E-state index is 13.3. The van der Waals surface area contributed by atoms with E-state index in [1.165, 1.54) is 5.56 Å². The molecular formula is C29H34N2O4S2. The van der Waals surface area contributed by atoms with E-state index in [2.05, 4.69) is 47.0 Å². The van der Waals surface area contributed by atoms with Gasteiger partial charge in [0.2, 0.25) is 10.0 Å². The average Bonchev–Trinajstić information content (AvgIpc) is 3.19. The van der Waals surface area contributed by atoms with Crippen LogP contribution in [0.1, 0.15) is 40.2 Å². The minimum atomic E-state index is -3.94. The summed E-state index contributed by atoms with van der Waals surface area (Å²) in [4.78, 5) is 15.0. The fourth-order valence-electron chi connectivity index (χ4n) is 4.16. The first kappa shape index (κ1) is 27.1. The van der Waals surface area contributed by atoms with Crippen LogP contribution in [0.2, 0.25) is 0 Å². The monoisotopic (exact) mass is 538 g/mol. The number of esters is 1. The third-order valence-electron chi connectivity index (χ3n) is 6.05. The molecule has 0 bridgehead atoms. The first-order valence-electron chi connectivity index (χ1n) is 12.3. The van der Waals surface area contributed by atoms with Gasteiger partial charge in [0.05, 0.1) is 4.90 Å². The average molecular weight is 539 g/mol. The Bertz CT molecular complexity index is 1520. The normalized spacial score (nSPS) is 13.3. The van der Waals surface area contributed by atoms with Crippen molar-refractivity contribution in [2.75, 3.05) is 11.9 Å². The van der Waals surface area contributed by atoms with Crippen LogP contribution in [0.3, 0.4) is 0 Å². The lowest BCUT2D eigenvalue weighted by molar-refractivity contribution is -0.158. The van der Waals surface area contributed by atoms with Gasteiger partial charge in [-0.05, 0) is 56.5 Å². The van der Waals surface area contributed by atoms with E-state index in [1.807, 2.05) is 24.3 Å². The molecule has 0 aliphatic rings. The van der Waals surface area contributed by atoms with Crippen molar-refractivity contribution in [1.29, 1.82) is 0 Å². The summed E-state index contributed by atoms with van der Waals surface area (Å²) in [6.45, 7) is 9.66. The van der Waals surface area contributed by atoms with Crippen molar-refractivity contribution in [3.8, 4) is 0 Å². The highest BCUT2D eigenvalue weighted by Gasteiger charge is 2.32. The van der Waals surface area contributed by atoms with Crippen molar-refractivity contribution in [1.82, 2.24) is 4.72 Å². The third kappa shape index (κ3) is 6.32. The molecule has 4 aromatic rings. The zero-order valence-corrected chi connectivity index (χ0v) is 23.7. The molecule has 1 heterocycles. The second kappa shape index (κ2) is 10.4. The molecule has 0 unspecified atom stereocenters. The van der Waals surface area contributed by atoms with Gasteiger partial charge in [-0.1, -0.05) is 56.3 Å². The number of sulfonamides is 1. The number of carbonyl (C=O) groups is 1. The number of rotatable bonds is 8. The van der Waals surface area contributed by atoms with Crippen molar-refractivity contribution in [3.05, 3.63) is 72.3 Å². The number of hydrogen-bond acceptors (Lipinski definition) is 6. The molecule has 0 aliphatic carbocycles. The summed E-state index contributed by atoms with van der Waals surface area (Å²) in [5, 5.41) is 2.09. The number of ether oxygens (including phenoxy) is 1. The molecule has 0 saturated carbocycles. The second-order valence-corrected chi connectivity index (χ2v) is 13.5. The van der Waals surface area contributed by atoms with Gasteiger partial charge < -0.3 is 9.64 Å². The molecule has 6 nitrogen and oxygen atoms in total. The largest absolute Gasteiger partial charge is 0.459 e. The van der Waals surface area contributed by atoms with Gasteiger partial charge in [-0.3, -0.25) is 4.79 Å². The van der Waals surface area contributed by atoms with E-state index >= 15 is 0 Å². The number of thiophene rings is 1. The van der Waals surface area contributed by atoms with E-state index in [0.29, 0.717) is 0 Å². The van der Waals surface area contributed by atoms with Crippen molar-refractivity contribution in [2.45, 2.75) is 57.7 Å². The minimum absolute atomic E-state index is 0.127. The van der Waals surface area contributed by atoms with Gasteiger partial charge in [-0.25, -0.2) is 8.42 Å². The number of nitrogens with zero attached hydrogens (tertiary/aromatic N) is 1. The fraction of sp³-hybridized carbons (Fsp3) is 0.345. The summed E-state index contributed by atoms with van der Waals surface area (Å²) in [6, 6.07) is 20.8. The van der Waals surface area contributed by atoms with Crippen LogP contribution < -0.4 is 9.62 Å². The lowest BCUT2D eigenvalue weighted by Gasteiger charge is -2.26. The van der Waals surface area contributed by atoms with Crippen molar-refractivity contribution < 1.29 is 17.9 Å². The lowest BCUT2D eigenvalue weighted by Crippen LogP contribution is -2.47. The van der Waals surface area contributed by atoms with E-state index < -0.39 is 27.6 Å². The van der Waals surface area contributed by atoms with Gasteiger partial charge in [0, 0.05) is 39.5 Å². The van der Waals surface area contributed by atoms with Crippen LogP contribution in [0.5, 0.6) is 0 Å². The Balaban J connectivity index is 1.61. The van der Waals surface area contributed by atoms with E-state index in [-0.39, 0.29) is 10.8 Å². The maximum atomic E-state index is 13.3. The molecule has 0 amide bonds. The molecule has 1 atom stereocenters. The van der Waals surface area contributed by atoms with Gasteiger partial charge >= 0.3 is 5.97 Å². The smallest absolute Gasteiger partial charge is 0.324 e. The molecule has 0 saturated heterocycles. The summed E-state index contributed by atoms with van der Waals surface area (Å²) in [5.74, 6) is -0.856. The van der Waals surface area contributed by atoms with E-state index in [4.69, 9.17) is 4.74 Å². The number of hydrogen-bond donors (Lipinski definition) is 1. The molecule has 4 rings (SSSR count). The summed E-state index contributed by atoms with van der Waals surface area (Å²) >= 11 is 1.56. The maximum Gasteiger partial charge on any atom is 0.324 e. The molecule has 0 aliphatic heterocycles. The van der Waals surface area contributed by atoms with Crippen molar-refractivity contribution in [2.24, 2.45) is 5.92 Å². The molecule has 196 valence electrons. The Labute approximate surface area is 223 Å². The first-order valence-corrected chi connectivity index (χ1v) is 14.6. The zero-order valence-electron chi connectivity index (χ0n) is 22.1. The molecule has 1 N–H and O–H groups in total. The molecule has 0 radical (unpaired) electrons. The molecule has 8 heteroatoms. The van der Waals surface area contributed by atoms with E-state index in [0.717, 1.165) is 32.4 Å². The number of fused-ring (bicyclic) bond motifs is 3. The van der Waals surface area contributed by atoms with Crippen LogP contribution in [0.25, 0.3) is 20.2 Å². The molecule has 37 heavy (non-hydrogen) atoms. The standard InChI is InChI=1S/C29H34N2O4S2/c1-19(2)27(28(32)35-29(3,4)5)30-37(33,34)22-13-15-24-23-14-12-21(16-25(23)36-26(24)17-22)31(6)18-20-10-8-7-9-11-20/h7-17,19,27,30H,18H2,1-6H3/t27-/m0/s1. The molecule has 3 aromatic carbocycles. The van der Waals surface area contributed by atoms with Crippen LogP contribution in [-0.2, 0) is 26.1 Å². The van der Waals surface area contributed by atoms with Crippen LogP contribution >= 0.6 is 11.3 Å². The van der Waals surface area contributed by atoms with Crippen LogP contribution in [0.4, 0.5) is 5.69 Å². The zero-order chi connectivity index (χ0) is 27.0. The topological polar surface area (TPSA) is 75.7 Å². The number of benzene rings is 3. The minimum Gasteiger partial charge on any atom is -0.459 e. The summed E-state index contributed by atoms with van der Waals surface area (Å²) < 4.78 is 36.5. The molecule has 0 fully saturated rings. The summed E-state index contributed by atoms with van der Waals surface area (Å²) in [5.41, 5.74) is 1.61. The lowest BCUT2D eigenvalue weighted by atomic mass is 10.1. The Morgan fingerprint density at radius 2 is 1.59 bits per heavy atom. The number of anilines is 1. The summed E-state index contributed by atoms with van der Waals surface area (Å²) in [7, 11) is -1.88. The molecule has 1 aromatic heterocycles. The molecule has 0 spiro atoms. The van der Waals surface area contributed by atoms with E-state index in [1.54, 1.807) is 58.1 Å². The second-order valence-electron chi connectivity index (χ2n) is 10.7. The Hall–Kier alpha value is -2.94. The number of nitrogens with one attached hydrogen (secondary N) is 1. The quantitative estimate of drug-likeness (QED) is 0.265. The highest BCUT2D eigenvalue weighted by Crippen LogP contribution is 2.37. The van der Waals surface area contributed by atoms with Gasteiger partial charge in [-0.15, -0.1) is 11.3 Å². The predicted octanol–water partition coefficient (Wildman–Crippen LogP) is 6.34. The van der Waals surface area contributed by atoms with Crippen molar-refractivity contribution >= 4 is 53.2 Å². The Morgan fingerprint density at radius 3 is 2.22 bits per heavy atom. The third-order valence-corrected chi connectivity index (χ3v) is 8.61. The van der Waals surface area contributed by atoms with Crippen LogP contribution in [-0.4, -0.2) is 33.1 Å². The fourth-order valence-corrected chi connectivity index (χ4v) is 6.77. The highest BCUT2D eigenvalue weighted by atomic mass is 32.2. The van der Waals surface area contributed by atoms with Gasteiger partial charge in [0.1, 0.15) is 11.6 Å². The van der Waals surface area contributed by atoms with Gasteiger partial charge in [0.25, 0.3) is 0 Å². The van der Waals surface area contributed by atoms with E-state index in [9.17, 15) is 13.2 Å².